The van der Waals surface area contributed by atoms with Crippen molar-refractivity contribution in [3.05, 3.63) is 69.7 Å². The molecule has 29 heavy (non-hydrogen) atoms. The third-order valence-corrected chi connectivity index (χ3v) is 4.90. The van der Waals surface area contributed by atoms with Crippen LogP contribution in [-0.4, -0.2) is 28.7 Å². The first-order valence-corrected chi connectivity index (χ1v) is 10.0. The summed E-state index contributed by atoms with van der Waals surface area (Å²) < 4.78 is 10.6. The molecular formula is C21H21N3O4S. The van der Waals surface area contributed by atoms with Crippen LogP contribution in [0.15, 0.2) is 48.5 Å². The Bertz CT molecular complexity index is 968. The number of esters is 1. The van der Waals surface area contributed by atoms with Gasteiger partial charge in [-0.15, -0.1) is 10.2 Å². The number of amides is 1. The molecule has 0 spiro atoms. The van der Waals surface area contributed by atoms with E-state index < -0.39 is 5.97 Å². The molecule has 2 aromatic carbocycles. The second-order valence-corrected chi connectivity index (χ2v) is 7.10. The average Bonchev–Trinajstić information content (AvgIpc) is 3.23. The van der Waals surface area contributed by atoms with Gasteiger partial charge in [-0.25, -0.2) is 4.79 Å². The van der Waals surface area contributed by atoms with E-state index in [0.717, 1.165) is 17.8 Å². The SMILES string of the molecule is CCOc1ccc(C(=O)OCc2nnc(C(=O)Nc3ccc(CC)cc3)s2)cc1. The third-order valence-electron chi connectivity index (χ3n) is 4.01. The number of aryl methyl sites for hydroxylation is 1. The number of anilines is 1. The van der Waals surface area contributed by atoms with E-state index in [4.69, 9.17) is 9.47 Å². The Morgan fingerprint density at radius 1 is 1.00 bits per heavy atom. The predicted molar refractivity (Wildman–Crippen MR) is 110 cm³/mol. The molecule has 7 nitrogen and oxygen atoms in total. The molecule has 0 fully saturated rings. The fourth-order valence-corrected chi connectivity index (χ4v) is 3.12. The van der Waals surface area contributed by atoms with E-state index in [-0.39, 0.29) is 17.5 Å². The Labute approximate surface area is 172 Å². The second kappa shape index (κ2) is 9.79. The number of carbonyl (C=O) groups is 2. The molecule has 1 N–H and O–H groups in total. The molecule has 8 heteroatoms. The molecule has 3 rings (SSSR count). The van der Waals surface area contributed by atoms with Crippen molar-refractivity contribution >= 4 is 28.9 Å². The highest BCUT2D eigenvalue weighted by atomic mass is 32.1. The van der Waals surface area contributed by atoms with E-state index in [1.807, 2.05) is 31.2 Å². The summed E-state index contributed by atoms with van der Waals surface area (Å²) in [5.41, 5.74) is 2.29. The minimum atomic E-state index is -0.481. The number of nitrogens with one attached hydrogen (secondary N) is 1. The number of hydrogen-bond donors (Lipinski definition) is 1. The molecule has 1 aromatic heterocycles. The first kappa shape index (κ1) is 20.5. The first-order chi connectivity index (χ1) is 14.1. The molecule has 3 aromatic rings. The van der Waals surface area contributed by atoms with Crippen LogP contribution in [0.25, 0.3) is 0 Å². The van der Waals surface area contributed by atoms with Gasteiger partial charge < -0.3 is 14.8 Å². The number of aromatic nitrogens is 2. The van der Waals surface area contributed by atoms with Crippen molar-refractivity contribution in [2.24, 2.45) is 0 Å². The number of hydrogen-bond acceptors (Lipinski definition) is 7. The fourth-order valence-electron chi connectivity index (χ4n) is 2.48. The van der Waals surface area contributed by atoms with Gasteiger partial charge in [0.1, 0.15) is 12.4 Å². The molecule has 1 amide bonds. The van der Waals surface area contributed by atoms with Crippen LogP contribution in [-0.2, 0) is 17.8 Å². The molecule has 0 unspecified atom stereocenters. The zero-order valence-electron chi connectivity index (χ0n) is 16.2. The van der Waals surface area contributed by atoms with Gasteiger partial charge in [-0.3, -0.25) is 4.79 Å². The molecule has 0 aliphatic carbocycles. The Morgan fingerprint density at radius 2 is 1.72 bits per heavy atom. The third kappa shape index (κ3) is 5.61. The number of benzene rings is 2. The van der Waals surface area contributed by atoms with Crippen molar-refractivity contribution < 1.29 is 19.1 Å². The maximum atomic E-state index is 12.3. The van der Waals surface area contributed by atoms with Crippen molar-refractivity contribution in [1.29, 1.82) is 0 Å². The molecule has 150 valence electrons. The molecule has 0 saturated heterocycles. The Balaban J connectivity index is 1.53. The number of nitrogens with zero attached hydrogens (tertiary/aromatic N) is 2. The normalized spacial score (nSPS) is 10.4. The van der Waals surface area contributed by atoms with Crippen LogP contribution in [0, 0.1) is 0 Å². The van der Waals surface area contributed by atoms with Crippen molar-refractivity contribution in [3.8, 4) is 5.75 Å². The van der Waals surface area contributed by atoms with Gasteiger partial charge in [0.05, 0.1) is 12.2 Å². The van der Waals surface area contributed by atoms with E-state index in [9.17, 15) is 9.59 Å². The molecule has 0 bridgehead atoms. The quantitative estimate of drug-likeness (QED) is 0.561. The smallest absolute Gasteiger partial charge is 0.338 e. The maximum absolute atomic E-state index is 12.3. The van der Waals surface area contributed by atoms with Gasteiger partial charge in [-0.05, 0) is 55.3 Å². The van der Waals surface area contributed by atoms with Crippen LogP contribution < -0.4 is 10.1 Å². The lowest BCUT2D eigenvalue weighted by Crippen LogP contribution is -2.11. The van der Waals surface area contributed by atoms with Gasteiger partial charge >= 0.3 is 5.97 Å². The molecule has 0 aliphatic heterocycles. The minimum Gasteiger partial charge on any atom is -0.494 e. The highest BCUT2D eigenvalue weighted by Gasteiger charge is 2.15. The monoisotopic (exact) mass is 411 g/mol. The van der Waals surface area contributed by atoms with Crippen molar-refractivity contribution in [3.63, 3.8) is 0 Å². The zero-order valence-corrected chi connectivity index (χ0v) is 17.0. The summed E-state index contributed by atoms with van der Waals surface area (Å²) >= 11 is 1.08. The highest BCUT2D eigenvalue weighted by Crippen LogP contribution is 2.17. The van der Waals surface area contributed by atoms with Crippen molar-refractivity contribution in [2.75, 3.05) is 11.9 Å². The summed E-state index contributed by atoms with van der Waals surface area (Å²) in [6.07, 6.45) is 0.934. The van der Waals surface area contributed by atoms with Crippen LogP contribution >= 0.6 is 11.3 Å². The van der Waals surface area contributed by atoms with Gasteiger partial charge in [0.25, 0.3) is 5.91 Å². The van der Waals surface area contributed by atoms with Crippen LogP contribution in [0.4, 0.5) is 5.69 Å². The van der Waals surface area contributed by atoms with Crippen molar-refractivity contribution in [1.82, 2.24) is 10.2 Å². The largest absolute Gasteiger partial charge is 0.494 e. The van der Waals surface area contributed by atoms with Crippen LogP contribution in [0.3, 0.4) is 0 Å². The summed E-state index contributed by atoms with van der Waals surface area (Å²) in [5, 5.41) is 11.2. The Kier molecular flexibility index (Phi) is 6.91. The molecule has 0 aliphatic rings. The zero-order chi connectivity index (χ0) is 20.6. The lowest BCUT2D eigenvalue weighted by Gasteiger charge is -2.05. The van der Waals surface area contributed by atoms with Gasteiger partial charge in [-0.2, -0.15) is 0 Å². The minimum absolute atomic E-state index is 0.0534. The van der Waals surface area contributed by atoms with Crippen LogP contribution in [0.1, 0.15) is 44.6 Å². The summed E-state index contributed by atoms with van der Waals surface area (Å²) in [4.78, 5) is 24.4. The highest BCUT2D eigenvalue weighted by molar-refractivity contribution is 7.13. The van der Waals surface area contributed by atoms with Crippen molar-refractivity contribution in [2.45, 2.75) is 26.9 Å². The van der Waals surface area contributed by atoms with E-state index in [0.29, 0.717) is 28.6 Å². The first-order valence-electron chi connectivity index (χ1n) is 9.21. The van der Waals surface area contributed by atoms with Gasteiger partial charge in [0.2, 0.25) is 5.01 Å². The van der Waals surface area contributed by atoms with E-state index in [1.54, 1.807) is 24.3 Å². The average molecular weight is 411 g/mol. The molecular weight excluding hydrogens is 390 g/mol. The molecule has 1 heterocycles. The van der Waals surface area contributed by atoms with Gasteiger partial charge in [-0.1, -0.05) is 30.4 Å². The Morgan fingerprint density at radius 3 is 2.38 bits per heavy atom. The van der Waals surface area contributed by atoms with E-state index >= 15 is 0 Å². The number of rotatable bonds is 8. The van der Waals surface area contributed by atoms with Gasteiger partial charge in [0.15, 0.2) is 5.01 Å². The molecule has 0 atom stereocenters. The van der Waals surface area contributed by atoms with Crippen LogP contribution in [0.5, 0.6) is 5.75 Å². The standard InChI is InChI=1S/C21H21N3O4S/c1-3-14-5-9-16(10-6-14)22-19(25)20-24-23-18(29-20)13-28-21(26)15-7-11-17(12-8-15)27-4-2/h5-12H,3-4,13H2,1-2H3,(H,22,25). The topological polar surface area (TPSA) is 90.4 Å². The number of ether oxygens (including phenoxy) is 2. The fraction of sp³-hybridized carbons (Fsp3) is 0.238. The number of carbonyl (C=O) groups excluding carboxylic acids is 2. The molecule has 0 saturated carbocycles. The summed E-state index contributed by atoms with van der Waals surface area (Å²) in [6.45, 7) is 4.46. The predicted octanol–water partition coefficient (Wildman–Crippen LogP) is 4.11. The Hall–Kier alpha value is -3.26. The summed E-state index contributed by atoms with van der Waals surface area (Å²) in [5.74, 6) is -0.144. The lowest BCUT2D eigenvalue weighted by atomic mass is 10.1. The van der Waals surface area contributed by atoms with E-state index in [1.165, 1.54) is 5.56 Å². The summed E-state index contributed by atoms with van der Waals surface area (Å²) in [6, 6.07) is 14.3. The van der Waals surface area contributed by atoms with Crippen LogP contribution in [0.2, 0.25) is 0 Å². The second-order valence-electron chi connectivity index (χ2n) is 6.04. The molecule has 0 radical (unpaired) electrons. The summed E-state index contributed by atoms with van der Waals surface area (Å²) in [7, 11) is 0. The van der Waals surface area contributed by atoms with E-state index in [2.05, 4.69) is 22.4 Å². The van der Waals surface area contributed by atoms with Gasteiger partial charge in [0, 0.05) is 5.69 Å². The lowest BCUT2D eigenvalue weighted by molar-refractivity contribution is 0.0471. The maximum Gasteiger partial charge on any atom is 0.338 e.